The van der Waals surface area contributed by atoms with Crippen LogP contribution in [0.25, 0.3) is 0 Å². The third kappa shape index (κ3) is 4.57. The Kier molecular flexibility index (Phi) is 5.30. The van der Waals surface area contributed by atoms with Crippen LogP contribution >= 0.6 is 0 Å². The van der Waals surface area contributed by atoms with Gasteiger partial charge in [0.15, 0.2) is 0 Å². The molecule has 2 rings (SSSR count). The standard InChI is InChI=1S/C16H14N2O5/c17-14(19)12-8-4-5-9-13(12)15(20)18-23-16(21)22-10-11-6-2-1-3-7-11/h1-9H,10H2,(H2,17,19)(H,18,20). The molecule has 0 aromatic heterocycles. The quantitative estimate of drug-likeness (QED) is 0.660. The van der Waals surface area contributed by atoms with Crippen LogP contribution in [-0.4, -0.2) is 18.0 Å². The molecule has 3 N–H and O–H groups in total. The summed E-state index contributed by atoms with van der Waals surface area (Å²) in [7, 11) is 0. The number of carbonyl (C=O) groups excluding carboxylic acids is 3. The maximum Gasteiger partial charge on any atom is 0.533 e. The summed E-state index contributed by atoms with van der Waals surface area (Å²) < 4.78 is 4.82. The number of rotatable bonds is 4. The number of ether oxygens (including phenoxy) is 1. The molecule has 23 heavy (non-hydrogen) atoms. The van der Waals surface area contributed by atoms with Crippen molar-refractivity contribution in [2.45, 2.75) is 6.61 Å². The Morgan fingerprint density at radius 3 is 2.17 bits per heavy atom. The molecule has 118 valence electrons. The zero-order valence-electron chi connectivity index (χ0n) is 12.0. The Bertz CT molecular complexity index is 715. The van der Waals surface area contributed by atoms with Gasteiger partial charge in [-0.05, 0) is 17.7 Å². The predicted molar refractivity (Wildman–Crippen MR) is 80.1 cm³/mol. The van der Waals surface area contributed by atoms with E-state index in [1.54, 1.807) is 36.4 Å². The number of hydrogen-bond donors (Lipinski definition) is 2. The smallest absolute Gasteiger partial charge is 0.428 e. The van der Waals surface area contributed by atoms with Gasteiger partial charge in [-0.3, -0.25) is 9.59 Å². The molecule has 0 saturated heterocycles. The fourth-order valence-electron chi connectivity index (χ4n) is 1.78. The van der Waals surface area contributed by atoms with Crippen molar-refractivity contribution in [1.82, 2.24) is 5.48 Å². The largest absolute Gasteiger partial charge is 0.533 e. The Labute approximate surface area is 132 Å². The molecule has 0 saturated carbocycles. The van der Waals surface area contributed by atoms with Gasteiger partial charge in [-0.25, -0.2) is 4.79 Å². The van der Waals surface area contributed by atoms with Crippen LogP contribution < -0.4 is 11.2 Å². The topological polar surface area (TPSA) is 108 Å². The normalized spacial score (nSPS) is 9.74. The van der Waals surface area contributed by atoms with Crippen LogP contribution in [-0.2, 0) is 16.2 Å². The SMILES string of the molecule is NC(=O)c1ccccc1C(=O)NOC(=O)OCc1ccccc1. The molecular weight excluding hydrogens is 300 g/mol. The number of benzene rings is 2. The van der Waals surface area contributed by atoms with Gasteiger partial charge in [-0.15, -0.1) is 0 Å². The zero-order chi connectivity index (χ0) is 16.7. The van der Waals surface area contributed by atoms with E-state index in [4.69, 9.17) is 10.5 Å². The third-order valence-corrected chi connectivity index (χ3v) is 2.86. The van der Waals surface area contributed by atoms with Crippen LogP contribution in [0.4, 0.5) is 4.79 Å². The third-order valence-electron chi connectivity index (χ3n) is 2.86. The van der Waals surface area contributed by atoms with E-state index in [9.17, 15) is 14.4 Å². The van der Waals surface area contributed by atoms with E-state index in [-0.39, 0.29) is 17.7 Å². The molecule has 0 radical (unpaired) electrons. The summed E-state index contributed by atoms with van der Waals surface area (Å²) in [6.45, 7) is 0.00736. The van der Waals surface area contributed by atoms with Gasteiger partial charge in [-0.2, -0.15) is 5.48 Å². The van der Waals surface area contributed by atoms with E-state index in [2.05, 4.69) is 4.84 Å². The lowest BCUT2D eigenvalue weighted by atomic mass is 10.1. The van der Waals surface area contributed by atoms with E-state index in [0.29, 0.717) is 0 Å². The maximum atomic E-state index is 11.9. The number of nitrogens with one attached hydrogen (secondary N) is 1. The molecule has 0 atom stereocenters. The molecule has 0 aliphatic rings. The van der Waals surface area contributed by atoms with E-state index in [1.807, 2.05) is 11.5 Å². The van der Waals surface area contributed by atoms with Crippen LogP contribution in [0.5, 0.6) is 0 Å². The molecular formula is C16H14N2O5. The van der Waals surface area contributed by atoms with Crippen LogP contribution in [0.15, 0.2) is 54.6 Å². The first kappa shape index (κ1) is 16.0. The minimum atomic E-state index is -1.07. The summed E-state index contributed by atoms with van der Waals surface area (Å²) in [4.78, 5) is 39.1. The van der Waals surface area contributed by atoms with Crippen LogP contribution in [0.3, 0.4) is 0 Å². The fourth-order valence-corrected chi connectivity index (χ4v) is 1.78. The Balaban J connectivity index is 1.87. The molecule has 0 fully saturated rings. The molecule has 0 aliphatic carbocycles. The molecule has 2 aromatic rings. The summed E-state index contributed by atoms with van der Waals surface area (Å²) in [6.07, 6.45) is -1.07. The van der Waals surface area contributed by atoms with Crippen molar-refractivity contribution in [3.05, 3.63) is 71.3 Å². The highest BCUT2D eigenvalue weighted by molar-refractivity contribution is 6.06. The van der Waals surface area contributed by atoms with Crippen LogP contribution in [0.2, 0.25) is 0 Å². The molecule has 2 amide bonds. The molecule has 0 unspecified atom stereocenters. The van der Waals surface area contributed by atoms with Crippen molar-refractivity contribution >= 4 is 18.0 Å². The lowest BCUT2D eigenvalue weighted by Gasteiger charge is -2.08. The van der Waals surface area contributed by atoms with Gasteiger partial charge in [0.2, 0.25) is 5.91 Å². The fraction of sp³-hybridized carbons (Fsp3) is 0.0625. The Hall–Kier alpha value is -3.35. The molecule has 0 spiro atoms. The van der Waals surface area contributed by atoms with Gasteiger partial charge in [0.25, 0.3) is 5.91 Å². The van der Waals surface area contributed by atoms with Crippen molar-refractivity contribution in [3.63, 3.8) is 0 Å². The number of hydrogen-bond acceptors (Lipinski definition) is 5. The average Bonchev–Trinajstić information content (AvgIpc) is 2.58. The summed E-state index contributed by atoms with van der Waals surface area (Å²) in [5.41, 5.74) is 7.87. The summed E-state index contributed by atoms with van der Waals surface area (Å²) >= 11 is 0. The van der Waals surface area contributed by atoms with E-state index < -0.39 is 18.0 Å². The van der Waals surface area contributed by atoms with Gasteiger partial charge < -0.3 is 15.3 Å². The van der Waals surface area contributed by atoms with Crippen molar-refractivity contribution < 1.29 is 24.0 Å². The zero-order valence-corrected chi connectivity index (χ0v) is 12.0. The van der Waals surface area contributed by atoms with Gasteiger partial charge in [0.1, 0.15) is 6.61 Å². The number of carbonyl (C=O) groups is 3. The van der Waals surface area contributed by atoms with E-state index in [1.165, 1.54) is 12.1 Å². The van der Waals surface area contributed by atoms with Crippen LogP contribution in [0, 0.1) is 0 Å². The first-order valence-electron chi connectivity index (χ1n) is 6.64. The summed E-state index contributed by atoms with van der Waals surface area (Å²) in [6, 6.07) is 14.9. The van der Waals surface area contributed by atoms with E-state index >= 15 is 0 Å². The molecule has 0 heterocycles. The van der Waals surface area contributed by atoms with Crippen molar-refractivity contribution in [2.24, 2.45) is 5.73 Å². The maximum absolute atomic E-state index is 11.9. The highest BCUT2D eigenvalue weighted by Crippen LogP contribution is 2.08. The number of amides is 2. The van der Waals surface area contributed by atoms with Crippen LogP contribution in [0.1, 0.15) is 26.3 Å². The molecule has 2 aromatic carbocycles. The molecule has 7 heteroatoms. The van der Waals surface area contributed by atoms with Gasteiger partial charge in [-0.1, -0.05) is 42.5 Å². The minimum absolute atomic E-state index is 0.00383. The Morgan fingerprint density at radius 1 is 0.913 bits per heavy atom. The van der Waals surface area contributed by atoms with Gasteiger partial charge in [0.05, 0.1) is 11.1 Å². The first-order chi connectivity index (χ1) is 11.1. The monoisotopic (exact) mass is 314 g/mol. The number of primary amides is 1. The van der Waals surface area contributed by atoms with Gasteiger partial charge in [0, 0.05) is 0 Å². The summed E-state index contributed by atoms with van der Waals surface area (Å²) in [5, 5.41) is 0. The summed E-state index contributed by atoms with van der Waals surface area (Å²) in [5.74, 6) is -1.54. The number of nitrogens with two attached hydrogens (primary N) is 1. The Morgan fingerprint density at radius 2 is 1.52 bits per heavy atom. The van der Waals surface area contributed by atoms with E-state index in [0.717, 1.165) is 5.56 Å². The average molecular weight is 314 g/mol. The van der Waals surface area contributed by atoms with Crippen molar-refractivity contribution in [2.75, 3.05) is 0 Å². The lowest BCUT2D eigenvalue weighted by Crippen LogP contribution is -2.29. The van der Waals surface area contributed by atoms with Gasteiger partial charge >= 0.3 is 6.16 Å². The van der Waals surface area contributed by atoms with Crippen molar-refractivity contribution in [1.29, 1.82) is 0 Å². The second-order valence-electron chi connectivity index (χ2n) is 4.47. The highest BCUT2D eigenvalue weighted by atomic mass is 16.8. The molecule has 0 aliphatic heterocycles. The first-order valence-corrected chi connectivity index (χ1v) is 6.64. The second-order valence-corrected chi connectivity index (χ2v) is 4.47. The lowest BCUT2D eigenvalue weighted by molar-refractivity contribution is 0.0120. The predicted octanol–water partition coefficient (Wildman–Crippen LogP) is 1.78. The highest BCUT2D eigenvalue weighted by Gasteiger charge is 2.16. The second kappa shape index (κ2) is 7.60. The molecule has 7 nitrogen and oxygen atoms in total. The minimum Gasteiger partial charge on any atom is -0.428 e. The molecule has 0 bridgehead atoms. The van der Waals surface area contributed by atoms with Crippen molar-refractivity contribution in [3.8, 4) is 0 Å². The number of hydroxylamine groups is 1.